The van der Waals surface area contributed by atoms with E-state index in [1.807, 2.05) is 22.9 Å². The molecule has 82 valence electrons. The zero-order valence-electron chi connectivity index (χ0n) is 9.05. The van der Waals surface area contributed by atoms with Crippen LogP contribution in [-0.4, -0.2) is 15.5 Å². The number of Topliss-reactive ketones (excluding diaryl/α,β-unsaturated/α-hetero) is 1. The maximum Gasteiger partial charge on any atom is 0.176 e. The Morgan fingerprint density at radius 1 is 1.31 bits per heavy atom. The van der Waals surface area contributed by atoms with Gasteiger partial charge in [0.25, 0.3) is 0 Å². The largest absolute Gasteiger partial charge is 0.508 e. The lowest BCUT2D eigenvalue weighted by molar-refractivity contribution is 0.100. The summed E-state index contributed by atoms with van der Waals surface area (Å²) in [5.41, 5.74) is 1.65. The first-order valence-corrected chi connectivity index (χ1v) is 5.11. The number of hydrogen-bond donors (Lipinski definition) is 1. The third-order valence-electron chi connectivity index (χ3n) is 2.45. The topological polar surface area (TPSA) is 42.2 Å². The molecule has 1 aromatic heterocycles. The number of aromatic hydroxyl groups is 1. The molecule has 0 bridgehead atoms. The van der Waals surface area contributed by atoms with Crippen molar-refractivity contribution in [1.82, 2.24) is 4.57 Å². The van der Waals surface area contributed by atoms with Crippen molar-refractivity contribution in [2.24, 2.45) is 0 Å². The second-order valence-electron chi connectivity index (χ2n) is 3.75. The standard InChI is InChI=1S/C13H13NO2/c1-10(15)13-6-3-7-14(13)9-11-4-2-5-12(16)8-11/h2-8,16H,9H2,1H3. The highest BCUT2D eigenvalue weighted by atomic mass is 16.3. The number of phenolic OH excluding ortho intramolecular Hbond substituents is 1. The highest BCUT2D eigenvalue weighted by Gasteiger charge is 2.05. The van der Waals surface area contributed by atoms with Crippen molar-refractivity contribution in [3.05, 3.63) is 53.9 Å². The van der Waals surface area contributed by atoms with Crippen LogP contribution in [0.5, 0.6) is 5.75 Å². The Morgan fingerprint density at radius 3 is 2.81 bits per heavy atom. The normalized spacial score (nSPS) is 10.3. The minimum atomic E-state index is 0.0464. The molecule has 0 aliphatic rings. The first-order valence-electron chi connectivity index (χ1n) is 5.11. The molecule has 0 aliphatic carbocycles. The molecule has 0 atom stereocenters. The molecule has 16 heavy (non-hydrogen) atoms. The molecule has 1 heterocycles. The molecule has 0 amide bonds. The summed E-state index contributed by atoms with van der Waals surface area (Å²) < 4.78 is 1.87. The molecule has 0 saturated heterocycles. The Bertz CT molecular complexity index is 514. The number of aromatic nitrogens is 1. The molecular weight excluding hydrogens is 202 g/mol. The van der Waals surface area contributed by atoms with E-state index in [0.717, 1.165) is 5.56 Å². The van der Waals surface area contributed by atoms with Gasteiger partial charge in [0.05, 0.1) is 5.69 Å². The molecule has 2 rings (SSSR count). The SMILES string of the molecule is CC(=O)c1cccn1Cc1cccc(O)c1. The number of carbonyl (C=O) groups excluding carboxylic acids is 1. The maximum absolute atomic E-state index is 11.3. The second-order valence-corrected chi connectivity index (χ2v) is 3.75. The van der Waals surface area contributed by atoms with Gasteiger partial charge in [-0.05, 0) is 29.8 Å². The fourth-order valence-corrected chi connectivity index (χ4v) is 1.72. The van der Waals surface area contributed by atoms with Crippen LogP contribution in [0.1, 0.15) is 23.0 Å². The van der Waals surface area contributed by atoms with Gasteiger partial charge in [0.15, 0.2) is 5.78 Å². The molecule has 3 heteroatoms. The van der Waals surface area contributed by atoms with Gasteiger partial charge in [0.2, 0.25) is 0 Å². The first kappa shape index (κ1) is 10.5. The molecule has 2 aromatic rings. The van der Waals surface area contributed by atoms with Gasteiger partial charge < -0.3 is 9.67 Å². The van der Waals surface area contributed by atoms with Crippen LogP contribution in [-0.2, 0) is 6.54 Å². The van der Waals surface area contributed by atoms with Crippen molar-refractivity contribution in [1.29, 1.82) is 0 Å². The quantitative estimate of drug-likeness (QED) is 0.799. The number of carbonyl (C=O) groups is 1. The summed E-state index contributed by atoms with van der Waals surface area (Å²) in [5.74, 6) is 0.291. The van der Waals surface area contributed by atoms with E-state index < -0.39 is 0 Å². The third kappa shape index (κ3) is 2.14. The average Bonchev–Trinajstić information content (AvgIpc) is 2.66. The molecule has 1 aromatic carbocycles. The fraction of sp³-hybridized carbons (Fsp3) is 0.154. The Labute approximate surface area is 94.0 Å². The van der Waals surface area contributed by atoms with E-state index >= 15 is 0 Å². The third-order valence-corrected chi connectivity index (χ3v) is 2.45. The van der Waals surface area contributed by atoms with Gasteiger partial charge in [-0.25, -0.2) is 0 Å². The number of hydrogen-bond acceptors (Lipinski definition) is 2. The zero-order chi connectivity index (χ0) is 11.5. The van der Waals surface area contributed by atoms with E-state index in [-0.39, 0.29) is 11.5 Å². The Kier molecular flexibility index (Phi) is 2.77. The van der Waals surface area contributed by atoms with Crippen molar-refractivity contribution < 1.29 is 9.90 Å². The van der Waals surface area contributed by atoms with Crippen molar-refractivity contribution in [2.45, 2.75) is 13.5 Å². The van der Waals surface area contributed by atoms with E-state index in [1.54, 1.807) is 31.2 Å². The van der Waals surface area contributed by atoms with E-state index in [4.69, 9.17) is 0 Å². The first-order chi connectivity index (χ1) is 7.66. The minimum Gasteiger partial charge on any atom is -0.508 e. The number of rotatable bonds is 3. The minimum absolute atomic E-state index is 0.0464. The van der Waals surface area contributed by atoms with Crippen molar-refractivity contribution >= 4 is 5.78 Å². The van der Waals surface area contributed by atoms with Crippen LogP contribution in [0.25, 0.3) is 0 Å². The van der Waals surface area contributed by atoms with Crippen molar-refractivity contribution in [2.75, 3.05) is 0 Å². The summed E-state index contributed by atoms with van der Waals surface area (Å²) in [5, 5.41) is 9.34. The highest BCUT2D eigenvalue weighted by Crippen LogP contribution is 2.13. The fourth-order valence-electron chi connectivity index (χ4n) is 1.72. The lowest BCUT2D eigenvalue weighted by Crippen LogP contribution is -2.06. The van der Waals surface area contributed by atoms with Gasteiger partial charge in [-0.15, -0.1) is 0 Å². The van der Waals surface area contributed by atoms with Crippen LogP contribution in [0.4, 0.5) is 0 Å². The summed E-state index contributed by atoms with van der Waals surface area (Å²) in [6, 6.07) is 10.7. The molecule has 0 fully saturated rings. The monoisotopic (exact) mass is 215 g/mol. The number of benzene rings is 1. The van der Waals surface area contributed by atoms with Gasteiger partial charge in [0.1, 0.15) is 5.75 Å². The van der Waals surface area contributed by atoms with E-state index in [9.17, 15) is 9.90 Å². The molecule has 0 radical (unpaired) electrons. The summed E-state index contributed by atoms with van der Waals surface area (Å²) in [7, 11) is 0. The Hall–Kier alpha value is -2.03. The summed E-state index contributed by atoms with van der Waals surface area (Å²) in [4.78, 5) is 11.3. The van der Waals surface area contributed by atoms with Crippen LogP contribution >= 0.6 is 0 Å². The van der Waals surface area contributed by atoms with Crippen LogP contribution < -0.4 is 0 Å². The predicted octanol–water partition coefficient (Wildman–Crippen LogP) is 2.44. The predicted molar refractivity (Wildman–Crippen MR) is 61.6 cm³/mol. The van der Waals surface area contributed by atoms with Crippen molar-refractivity contribution in [3.8, 4) is 5.75 Å². The van der Waals surface area contributed by atoms with E-state index in [0.29, 0.717) is 12.2 Å². The average molecular weight is 215 g/mol. The van der Waals surface area contributed by atoms with Gasteiger partial charge in [-0.3, -0.25) is 4.79 Å². The van der Waals surface area contributed by atoms with Gasteiger partial charge in [0, 0.05) is 19.7 Å². The molecular formula is C13H13NO2. The van der Waals surface area contributed by atoms with Crippen LogP contribution in [0, 0.1) is 0 Å². The number of phenols is 1. The van der Waals surface area contributed by atoms with Gasteiger partial charge in [-0.2, -0.15) is 0 Å². The van der Waals surface area contributed by atoms with E-state index in [1.165, 1.54) is 0 Å². The Balaban J connectivity index is 2.27. The van der Waals surface area contributed by atoms with E-state index in [2.05, 4.69) is 0 Å². The van der Waals surface area contributed by atoms with Crippen LogP contribution in [0.15, 0.2) is 42.6 Å². The van der Waals surface area contributed by atoms with Gasteiger partial charge in [-0.1, -0.05) is 12.1 Å². The summed E-state index contributed by atoms with van der Waals surface area (Å²) in [6.07, 6.45) is 1.86. The summed E-state index contributed by atoms with van der Waals surface area (Å²) >= 11 is 0. The molecule has 0 unspecified atom stereocenters. The second kappa shape index (κ2) is 4.23. The van der Waals surface area contributed by atoms with Crippen LogP contribution in [0.2, 0.25) is 0 Å². The Morgan fingerprint density at radius 2 is 2.12 bits per heavy atom. The molecule has 0 spiro atoms. The number of nitrogens with zero attached hydrogens (tertiary/aromatic N) is 1. The lowest BCUT2D eigenvalue weighted by atomic mass is 10.2. The molecule has 3 nitrogen and oxygen atoms in total. The smallest absolute Gasteiger partial charge is 0.176 e. The molecule has 0 saturated carbocycles. The molecule has 1 N–H and O–H groups in total. The maximum atomic E-state index is 11.3. The number of ketones is 1. The van der Waals surface area contributed by atoms with Crippen LogP contribution in [0.3, 0.4) is 0 Å². The highest BCUT2D eigenvalue weighted by molar-refractivity contribution is 5.92. The molecule has 0 aliphatic heterocycles. The lowest BCUT2D eigenvalue weighted by Gasteiger charge is -2.07. The van der Waals surface area contributed by atoms with Gasteiger partial charge >= 0.3 is 0 Å². The zero-order valence-corrected chi connectivity index (χ0v) is 9.05. The van der Waals surface area contributed by atoms with Crippen molar-refractivity contribution in [3.63, 3.8) is 0 Å². The summed E-state index contributed by atoms with van der Waals surface area (Å²) in [6.45, 7) is 2.14.